The smallest absolute Gasteiger partial charge is 0.346 e. The minimum atomic E-state index is -0.0695. The Hall–Kier alpha value is -1.26. The van der Waals surface area contributed by atoms with Crippen molar-refractivity contribution >= 4 is 11.9 Å². The number of carbonyl (C=O) groups excluding carboxylic acids is 1. The van der Waals surface area contributed by atoms with Gasteiger partial charge in [-0.2, -0.15) is 0 Å². The molecule has 0 aromatic heterocycles. The van der Waals surface area contributed by atoms with Gasteiger partial charge in [-0.3, -0.25) is 20.0 Å². The van der Waals surface area contributed by atoms with Crippen LogP contribution in [-0.4, -0.2) is 47.8 Å². The Balaban J connectivity index is 1.52. The number of nitrogens with zero attached hydrogens (tertiary/aromatic N) is 1. The molecule has 1 fully saturated rings. The summed E-state index contributed by atoms with van der Waals surface area (Å²) in [5.41, 5.74) is 0. The summed E-state index contributed by atoms with van der Waals surface area (Å²) in [6.45, 7) is 4.39. The molecule has 0 radical (unpaired) electrons. The highest BCUT2D eigenvalue weighted by Crippen LogP contribution is 2.34. The molecule has 0 saturated carbocycles. The predicted octanol–water partition coefficient (Wildman–Crippen LogP) is 3.17. The predicted molar refractivity (Wildman–Crippen MR) is 104 cm³/mol. The Morgan fingerprint density at radius 2 is 1.85 bits per heavy atom. The number of rotatable bonds is 9. The molecule has 0 amide bonds. The third-order valence-electron chi connectivity index (χ3n) is 6.65. The number of hydrogen-bond donors (Lipinski definition) is 2. The first-order chi connectivity index (χ1) is 12.7. The van der Waals surface area contributed by atoms with Crippen LogP contribution in [0, 0.1) is 5.92 Å². The minimum absolute atomic E-state index is 0.0600. The Bertz CT molecular complexity index is 519. The molecule has 3 heterocycles. The molecule has 0 spiro atoms. The first-order valence-electron chi connectivity index (χ1n) is 10.9. The fourth-order valence-corrected chi connectivity index (χ4v) is 5.29. The summed E-state index contributed by atoms with van der Waals surface area (Å²) in [5.74, 6) is 1.04. The lowest BCUT2D eigenvalue weighted by Gasteiger charge is -2.38. The van der Waals surface area contributed by atoms with E-state index >= 15 is 0 Å². The van der Waals surface area contributed by atoms with Crippen molar-refractivity contribution < 1.29 is 14.1 Å². The molecule has 5 nitrogen and oxygen atoms in total. The lowest BCUT2D eigenvalue weighted by molar-refractivity contribution is -0.598. The van der Waals surface area contributed by atoms with E-state index in [0.717, 1.165) is 6.42 Å². The van der Waals surface area contributed by atoms with E-state index in [-0.39, 0.29) is 17.9 Å². The van der Waals surface area contributed by atoms with Gasteiger partial charge >= 0.3 is 11.9 Å². The van der Waals surface area contributed by atoms with Crippen LogP contribution in [0.3, 0.4) is 0 Å². The number of unbranched alkanes of at least 4 members (excludes halogenated alkanes) is 6. The van der Waals surface area contributed by atoms with Crippen LogP contribution in [0.15, 0.2) is 0 Å². The van der Waals surface area contributed by atoms with E-state index in [1.54, 1.807) is 0 Å². The van der Waals surface area contributed by atoms with Gasteiger partial charge in [0, 0.05) is 6.42 Å². The maximum absolute atomic E-state index is 12.3. The topological polar surface area (TPSA) is 53.4 Å². The lowest BCUT2D eigenvalue weighted by Crippen LogP contribution is -2.66. The van der Waals surface area contributed by atoms with Gasteiger partial charge < -0.3 is 4.74 Å². The van der Waals surface area contributed by atoms with Crippen LogP contribution < -0.4 is 10.6 Å². The van der Waals surface area contributed by atoms with Gasteiger partial charge in [0.1, 0.15) is 5.92 Å². The number of methoxy groups -OCH3 is 1. The number of guanidine groups is 1. The van der Waals surface area contributed by atoms with Gasteiger partial charge in [-0.05, 0) is 26.2 Å². The first-order valence-corrected chi connectivity index (χ1v) is 10.9. The van der Waals surface area contributed by atoms with Gasteiger partial charge in [-0.1, -0.05) is 51.9 Å². The second-order valence-corrected chi connectivity index (χ2v) is 8.52. The summed E-state index contributed by atoms with van der Waals surface area (Å²) < 4.78 is 7.54. The standard InChI is InChI=1S/C21H37N3O2/c1-4-5-6-7-8-9-10-11-16-14-17-12-13-18-19(20(25)26-3)15(2)22-21(23-16)24(17)18/h15-19H,4-14H2,1-3H3,(H,22,23)/p+1/t15-,16-,17+,18+,19+/m1/s1. The molecule has 5 heteroatoms. The Kier molecular flexibility index (Phi) is 6.82. The zero-order chi connectivity index (χ0) is 18.5. The molecule has 1 saturated heterocycles. The highest BCUT2D eigenvalue weighted by Gasteiger charge is 2.52. The van der Waals surface area contributed by atoms with Crippen molar-refractivity contribution in [3.63, 3.8) is 0 Å². The van der Waals surface area contributed by atoms with Crippen LogP contribution in [0.5, 0.6) is 0 Å². The number of carbonyl (C=O) groups is 1. The van der Waals surface area contributed by atoms with Gasteiger partial charge in [0.2, 0.25) is 0 Å². The largest absolute Gasteiger partial charge is 0.469 e. The first kappa shape index (κ1) is 19.5. The molecule has 148 valence electrons. The van der Waals surface area contributed by atoms with E-state index in [0.29, 0.717) is 18.1 Å². The molecule has 0 aliphatic carbocycles. The Morgan fingerprint density at radius 3 is 2.58 bits per heavy atom. The van der Waals surface area contributed by atoms with Crippen LogP contribution in [-0.2, 0) is 9.53 Å². The molecular formula is C21H38N3O2+. The average molecular weight is 365 g/mol. The molecule has 5 atom stereocenters. The molecule has 2 N–H and O–H groups in total. The van der Waals surface area contributed by atoms with Gasteiger partial charge in [-0.25, -0.2) is 0 Å². The normalized spacial score (nSPS) is 32.7. The summed E-state index contributed by atoms with van der Waals surface area (Å²) >= 11 is 0. The van der Waals surface area contributed by atoms with Crippen molar-refractivity contribution in [1.82, 2.24) is 10.6 Å². The van der Waals surface area contributed by atoms with E-state index in [2.05, 4.69) is 29.1 Å². The second-order valence-electron chi connectivity index (χ2n) is 8.52. The summed E-state index contributed by atoms with van der Waals surface area (Å²) in [6.07, 6.45) is 14.4. The minimum Gasteiger partial charge on any atom is -0.469 e. The summed E-state index contributed by atoms with van der Waals surface area (Å²) in [4.78, 5) is 12.3. The van der Waals surface area contributed by atoms with Crippen molar-refractivity contribution in [2.75, 3.05) is 7.11 Å². The van der Waals surface area contributed by atoms with Crippen molar-refractivity contribution in [3.8, 4) is 0 Å². The van der Waals surface area contributed by atoms with Crippen molar-refractivity contribution in [2.24, 2.45) is 5.92 Å². The van der Waals surface area contributed by atoms with Crippen LogP contribution >= 0.6 is 0 Å². The molecule has 3 aliphatic heterocycles. The monoisotopic (exact) mass is 364 g/mol. The maximum Gasteiger partial charge on any atom is 0.346 e. The fourth-order valence-electron chi connectivity index (χ4n) is 5.29. The van der Waals surface area contributed by atoms with E-state index in [1.165, 1.54) is 77.3 Å². The highest BCUT2D eigenvalue weighted by atomic mass is 16.5. The average Bonchev–Trinajstić information content (AvgIpc) is 3.05. The van der Waals surface area contributed by atoms with E-state index in [9.17, 15) is 4.79 Å². The fraction of sp³-hybridized carbons (Fsp3) is 0.905. The van der Waals surface area contributed by atoms with E-state index < -0.39 is 0 Å². The molecule has 26 heavy (non-hydrogen) atoms. The molecule has 3 rings (SSSR count). The molecule has 0 bridgehead atoms. The SMILES string of the molecule is CCCCCCCCC[C@@H]1C[C@@H]2CC[C@H]3[C@@H](C(=O)OC)[C@@H](C)NC(=[N+]23)N1. The Morgan fingerprint density at radius 1 is 1.12 bits per heavy atom. The van der Waals surface area contributed by atoms with Crippen LogP contribution in [0.1, 0.15) is 84.5 Å². The highest BCUT2D eigenvalue weighted by molar-refractivity contribution is 5.80. The quantitative estimate of drug-likeness (QED) is 0.375. The molecule has 0 unspecified atom stereocenters. The van der Waals surface area contributed by atoms with Crippen LogP contribution in [0.2, 0.25) is 0 Å². The van der Waals surface area contributed by atoms with E-state index in [1.807, 2.05) is 0 Å². The van der Waals surface area contributed by atoms with Gasteiger partial charge in [-0.15, -0.1) is 0 Å². The van der Waals surface area contributed by atoms with Gasteiger partial charge in [0.05, 0.1) is 31.3 Å². The van der Waals surface area contributed by atoms with E-state index in [4.69, 9.17) is 4.74 Å². The summed E-state index contributed by atoms with van der Waals surface area (Å²) in [5, 5.41) is 7.32. The second kappa shape index (κ2) is 9.09. The van der Waals surface area contributed by atoms with Crippen molar-refractivity contribution in [3.05, 3.63) is 0 Å². The molecular weight excluding hydrogens is 326 g/mol. The van der Waals surface area contributed by atoms with Crippen molar-refractivity contribution in [1.29, 1.82) is 0 Å². The molecule has 0 aromatic carbocycles. The zero-order valence-corrected chi connectivity index (χ0v) is 16.9. The third-order valence-corrected chi connectivity index (χ3v) is 6.65. The third kappa shape index (κ3) is 4.17. The summed E-state index contributed by atoms with van der Waals surface area (Å²) in [7, 11) is 1.51. The van der Waals surface area contributed by atoms with Crippen molar-refractivity contribution in [2.45, 2.75) is 109 Å². The number of hydrogen-bond acceptors (Lipinski definition) is 4. The molecule has 3 aliphatic rings. The summed E-state index contributed by atoms with van der Waals surface area (Å²) in [6, 6.07) is 1.58. The van der Waals surface area contributed by atoms with Crippen LogP contribution in [0.25, 0.3) is 0 Å². The maximum atomic E-state index is 12.3. The van der Waals surface area contributed by atoms with Crippen LogP contribution in [0.4, 0.5) is 0 Å². The zero-order valence-electron chi connectivity index (χ0n) is 16.9. The van der Waals surface area contributed by atoms with Gasteiger partial charge in [0.25, 0.3) is 0 Å². The number of nitrogens with one attached hydrogen (secondary N) is 2. The van der Waals surface area contributed by atoms with Gasteiger partial charge in [0.15, 0.2) is 0 Å². The molecule has 0 aromatic rings. The number of esters is 1. The number of ether oxygens (including phenoxy) is 1. The lowest BCUT2D eigenvalue weighted by atomic mass is 9.90. The Labute approximate surface area is 159 Å².